The number of carbonyl (C=O) groups is 1. The molecule has 4 rings (SSSR count). The molecule has 24 heavy (non-hydrogen) atoms. The molecule has 2 atom stereocenters. The molecule has 0 fully saturated rings. The van der Waals surface area contributed by atoms with Gasteiger partial charge >= 0.3 is 0 Å². The van der Waals surface area contributed by atoms with Gasteiger partial charge in [0.1, 0.15) is 5.75 Å². The number of hydrogen-bond acceptors (Lipinski definition) is 5. The summed E-state index contributed by atoms with van der Waals surface area (Å²) < 4.78 is 10.1. The van der Waals surface area contributed by atoms with Crippen LogP contribution in [-0.4, -0.2) is 21.4 Å². The van der Waals surface area contributed by atoms with Crippen LogP contribution in [-0.2, 0) is 4.79 Å². The minimum absolute atomic E-state index is 0.00251. The third-order valence-corrected chi connectivity index (χ3v) is 4.69. The highest BCUT2D eigenvalue weighted by atomic mass is 32.1. The van der Waals surface area contributed by atoms with Gasteiger partial charge in [-0.2, -0.15) is 9.36 Å². The predicted octanol–water partition coefficient (Wildman–Crippen LogP) is 3.71. The standard InChI is InChI=1S/C18H15N3O2S/c1-11-13-9-5-6-10-14(13)23-15(11)17(22)20-18-19-16(21-24-18)12-7-3-2-4-8-12/h2-11,15H,1H3,(H,19,20,21,22)/t11-,15-/m1/s1. The van der Waals surface area contributed by atoms with Gasteiger partial charge in [-0.15, -0.1) is 0 Å². The number of nitrogens with zero attached hydrogens (tertiary/aromatic N) is 2. The van der Waals surface area contributed by atoms with Crippen LogP contribution in [0, 0.1) is 0 Å². The molecule has 0 unspecified atom stereocenters. The molecule has 2 heterocycles. The van der Waals surface area contributed by atoms with Gasteiger partial charge in [0, 0.05) is 28.6 Å². The first kappa shape index (κ1) is 14.8. The minimum Gasteiger partial charge on any atom is -0.480 e. The lowest BCUT2D eigenvalue weighted by Gasteiger charge is -2.13. The Balaban J connectivity index is 1.49. The Morgan fingerprint density at radius 2 is 1.88 bits per heavy atom. The largest absolute Gasteiger partial charge is 0.480 e. The summed E-state index contributed by atoms with van der Waals surface area (Å²) in [6.07, 6.45) is -0.550. The van der Waals surface area contributed by atoms with Crippen LogP contribution in [0.1, 0.15) is 18.4 Å². The smallest absolute Gasteiger partial charge is 0.267 e. The molecule has 0 radical (unpaired) electrons. The van der Waals surface area contributed by atoms with Gasteiger partial charge in [0.15, 0.2) is 11.9 Å². The van der Waals surface area contributed by atoms with Gasteiger partial charge in [-0.3, -0.25) is 10.1 Å². The van der Waals surface area contributed by atoms with Gasteiger partial charge < -0.3 is 4.74 Å². The van der Waals surface area contributed by atoms with E-state index < -0.39 is 6.10 Å². The quantitative estimate of drug-likeness (QED) is 0.791. The molecule has 2 aromatic carbocycles. The van der Waals surface area contributed by atoms with E-state index in [2.05, 4.69) is 14.7 Å². The van der Waals surface area contributed by atoms with E-state index in [-0.39, 0.29) is 11.8 Å². The molecule has 3 aromatic rings. The normalized spacial score (nSPS) is 18.7. The Hall–Kier alpha value is -2.73. The van der Waals surface area contributed by atoms with Crippen LogP contribution in [0.4, 0.5) is 5.13 Å². The lowest BCUT2D eigenvalue weighted by molar-refractivity contribution is -0.122. The zero-order chi connectivity index (χ0) is 16.5. The van der Waals surface area contributed by atoms with Crippen molar-refractivity contribution in [2.75, 3.05) is 5.32 Å². The maximum absolute atomic E-state index is 12.5. The van der Waals surface area contributed by atoms with E-state index in [9.17, 15) is 4.79 Å². The molecule has 1 aliphatic heterocycles. The Bertz CT molecular complexity index is 879. The summed E-state index contributed by atoms with van der Waals surface area (Å²) in [5, 5.41) is 3.30. The molecular formula is C18H15N3O2S. The molecular weight excluding hydrogens is 322 g/mol. The molecule has 6 heteroatoms. The highest BCUT2D eigenvalue weighted by Gasteiger charge is 2.36. The van der Waals surface area contributed by atoms with Crippen molar-refractivity contribution in [2.45, 2.75) is 18.9 Å². The third-order valence-electron chi connectivity index (χ3n) is 4.06. The van der Waals surface area contributed by atoms with Crippen LogP contribution in [0.15, 0.2) is 54.6 Å². The Morgan fingerprint density at radius 3 is 2.67 bits per heavy atom. The molecule has 5 nitrogen and oxygen atoms in total. The zero-order valence-corrected chi connectivity index (χ0v) is 13.8. The molecule has 1 aromatic heterocycles. The van der Waals surface area contributed by atoms with Crippen LogP contribution in [0.5, 0.6) is 5.75 Å². The Labute approximate surface area is 143 Å². The van der Waals surface area contributed by atoms with Gasteiger partial charge in [-0.1, -0.05) is 55.5 Å². The summed E-state index contributed by atoms with van der Waals surface area (Å²) in [6.45, 7) is 1.99. The van der Waals surface area contributed by atoms with Crippen molar-refractivity contribution in [2.24, 2.45) is 0 Å². The summed E-state index contributed by atoms with van der Waals surface area (Å²) in [5.74, 6) is 1.18. The minimum atomic E-state index is -0.550. The second-order valence-electron chi connectivity index (χ2n) is 5.64. The first-order valence-electron chi connectivity index (χ1n) is 7.68. The second-order valence-corrected chi connectivity index (χ2v) is 6.40. The number of para-hydroxylation sites is 1. The number of hydrogen-bond donors (Lipinski definition) is 1. The Kier molecular flexibility index (Phi) is 3.74. The van der Waals surface area contributed by atoms with Gasteiger partial charge in [-0.25, -0.2) is 0 Å². The zero-order valence-electron chi connectivity index (χ0n) is 13.0. The van der Waals surface area contributed by atoms with Gasteiger partial charge in [0.2, 0.25) is 5.13 Å². The highest BCUT2D eigenvalue weighted by molar-refractivity contribution is 7.10. The number of nitrogens with one attached hydrogen (secondary N) is 1. The number of aromatic nitrogens is 2. The van der Waals surface area contributed by atoms with E-state index in [1.54, 1.807) is 0 Å². The first-order chi connectivity index (χ1) is 11.7. The number of anilines is 1. The fourth-order valence-corrected chi connectivity index (χ4v) is 3.39. The summed E-state index contributed by atoms with van der Waals surface area (Å²) >= 11 is 1.17. The van der Waals surface area contributed by atoms with E-state index in [1.165, 1.54) is 11.5 Å². The molecule has 1 aliphatic rings. The van der Waals surface area contributed by atoms with Crippen molar-refractivity contribution < 1.29 is 9.53 Å². The number of carbonyl (C=O) groups excluding carboxylic acids is 1. The van der Waals surface area contributed by atoms with E-state index in [0.717, 1.165) is 16.9 Å². The third kappa shape index (κ3) is 2.65. The van der Waals surface area contributed by atoms with Gasteiger partial charge in [0.05, 0.1) is 0 Å². The van der Waals surface area contributed by atoms with Crippen molar-refractivity contribution in [1.82, 2.24) is 9.36 Å². The van der Waals surface area contributed by atoms with Crippen molar-refractivity contribution in [3.8, 4) is 17.1 Å². The van der Waals surface area contributed by atoms with Gasteiger partial charge in [0.25, 0.3) is 5.91 Å². The lowest BCUT2D eigenvalue weighted by Crippen LogP contribution is -2.33. The number of rotatable bonds is 3. The van der Waals surface area contributed by atoms with Crippen molar-refractivity contribution in [3.63, 3.8) is 0 Å². The van der Waals surface area contributed by atoms with Crippen molar-refractivity contribution in [3.05, 3.63) is 60.2 Å². The first-order valence-corrected chi connectivity index (χ1v) is 8.45. The van der Waals surface area contributed by atoms with Crippen LogP contribution in [0.25, 0.3) is 11.4 Å². The monoisotopic (exact) mass is 337 g/mol. The SMILES string of the molecule is C[C@@H]1c2ccccc2O[C@H]1C(=O)Nc1nc(-c2ccccc2)ns1. The Morgan fingerprint density at radius 1 is 1.12 bits per heavy atom. The average Bonchev–Trinajstić information content (AvgIpc) is 3.21. The summed E-state index contributed by atoms with van der Waals surface area (Å²) in [6, 6.07) is 17.4. The molecule has 0 saturated heterocycles. The van der Waals surface area contributed by atoms with E-state index in [1.807, 2.05) is 61.5 Å². The summed E-state index contributed by atoms with van der Waals surface area (Å²) in [5.41, 5.74) is 1.98. The van der Waals surface area contributed by atoms with Crippen molar-refractivity contribution >= 4 is 22.6 Å². The second kappa shape index (κ2) is 6.05. The molecule has 0 bridgehead atoms. The fourth-order valence-electron chi connectivity index (χ4n) is 2.80. The maximum atomic E-state index is 12.5. The van der Waals surface area contributed by atoms with E-state index in [4.69, 9.17) is 4.74 Å². The molecule has 0 aliphatic carbocycles. The van der Waals surface area contributed by atoms with E-state index >= 15 is 0 Å². The van der Waals surface area contributed by atoms with Crippen LogP contribution in [0.2, 0.25) is 0 Å². The maximum Gasteiger partial charge on any atom is 0.267 e. The number of benzene rings is 2. The average molecular weight is 337 g/mol. The predicted molar refractivity (Wildman–Crippen MR) is 93.2 cm³/mol. The molecule has 1 N–H and O–H groups in total. The van der Waals surface area contributed by atoms with Gasteiger partial charge in [-0.05, 0) is 6.07 Å². The lowest BCUT2D eigenvalue weighted by atomic mass is 9.97. The van der Waals surface area contributed by atoms with E-state index in [0.29, 0.717) is 11.0 Å². The fraction of sp³-hybridized carbons (Fsp3) is 0.167. The molecule has 0 spiro atoms. The highest BCUT2D eigenvalue weighted by Crippen LogP contribution is 2.38. The van der Waals surface area contributed by atoms with Crippen LogP contribution in [0.3, 0.4) is 0 Å². The summed E-state index contributed by atoms with van der Waals surface area (Å²) in [7, 11) is 0. The molecule has 120 valence electrons. The topological polar surface area (TPSA) is 64.1 Å². The molecule has 1 amide bonds. The van der Waals surface area contributed by atoms with Crippen molar-refractivity contribution in [1.29, 1.82) is 0 Å². The number of amides is 1. The van der Waals surface area contributed by atoms with Crippen LogP contribution >= 0.6 is 11.5 Å². The summed E-state index contributed by atoms with van der Waals surface area (Å²) in [4.78, 5) is 16.9. The molecule has 0 saturated carbocycles. The number of ether oxygens (including phenoxy) is 1. The van der Waals surface area contributed by atoms with Crippen LogP contribution < -0.4 is 10.1 Å². The number of fused-ring (bicyclic) bond motifs is 1.